The normalized spacial score (nSPS) is 18.5. The largest absolute Gasteiger partial charge is 0.354 e. The molecular formula is C26H32FN3O3. The summed E-state index contributed by atoms with van der Waals surface area (Å²) in [7, 11) is 0. The number of hydrogen-bond donors (Lipinski definition) is 2. The molecule has 176 valence electrons. The molecule has 1 heterocycles. The highest BCUT2D eigenvalue weighted by Crippen LogP contribution is 2.29. The van der Waals surface area contributed by atoms with Crippen LogP contribution in [0.2, 0.25) is 0 Å². The first-order valence-corrected chi connectivity index (χ1v) is 11.1. The van der Waals surface area contributed by atoms with E-state index in [2.05, 4.69) is 57.4 Å². The van der Waals surface area contributed by atoms with E-state index in [-0.39, 0.29) is 12.0 Å². The van der Waals surface area contributed by atoms with Crippen LogP contribution in [0.15, 0.2) is 36.4 Å². The fraction of sp³-hybridized carbons (Fsp3) is 0.423. The minimum atomic E-state index is -1.34. The summed E-state index contributed by atoms with van der Waals surface area (Å²) in [4.78, 5) is 38.7. The number of urea groups is 1. The number of nitrogens with zero attached hydrogens (tertiary/aromatic N) is 1. The van der Waals surface area contributed by atoms with Crippen LogP contribution in [0, 0.1) is 19.7 Å². The van der Waals surface area contributed by atoms with E-state index in [1.54, 1.807) is 6.92 Å². The Hall–Kier alpha value is -3.22. The van der Waals surface area contributed by atoms with Crippen LogP contribution in [0.1, 0.15) is 55.5 Å². The second kappa shape index (κ2) is 8.96. The van der Waals surface area contributed by atoms with Gasteiger partial charge < -0.3 is 10.6 Å². The molecule has 6 nitrogen and oxygen atoms in total. The van der Waals surface area contributed by atoms with Crippen LogP contribution in [-0.4, -0.2) is 35.8 Å². The fourth-order valence-electron chi connectivity index (χ4n) is 4.17. The van der Waals surface area contributed by atoms with Crippen molar-refractivity contribution in [3.8, 4) is 0 Å². The molecule has 0 saturated carbocycles. The number of carbonyl (C=O) groups excluding carboxylic acids is 3. The predicted octanol–water partition coefficient (Wildman–Crippen LogP) is 3.87. The molecule has 0 spiro atoms. The van der Waals surface area contributed by atoms with E-state index in [1.165, 1.54) is 46.5 Å². The Bertz CT molecular complexity index is 1070. The zero-order valence-electron chi connectivity index (χ0n) is 20.1. The van der Waals surface area contributed by atoms with Gasteiger partial charge in [0.2, 0.25) is 5.91 Å². The molecule has 1 atom stereocenters. The molecule has 2 aromatic rings. The Labute approximate surface area is 194 Å². The molecule has 2 aromatic carbocycles. The number of amides is 4. The molecule has 1 saturated heterocycles. The third kappa shape index (κ3) is 5.07. The molecule has 1 fully saturated rings. The van der Waals surface area contributed by atoms with Crippen LogP contribution in [0.5, 0.6) is 0 Å². The van der Waals surface area contributed by atoms with Gasteiger partial charge >= 0.3 is 6.03 Å². The van der Waals surface area contributed by atoms with E-state index in [0.29, 0.717) is 18.5 Å². The lowest BCUT2D eigenvalue weighted by Gasteiger charge is -2.23. The predicted molar refractivity (Wildman–Crippen MR) is 125 cm³/mol. The van der Waals surface area contributed by atoms with Crippen molar-refractivity contribution in [3.05, 3.63) is 70.0 Å². The molecule has 1 aliphatic heterocycles. The number of imide groups is 1. The third-order valence-corrected chi connectivity index (χ3v) is 6.26. The SMILES string of the molecule is Cc1cc(C(C)(C)C)cc(C)c1CCNC(=O)CN1C(=O)N[C@@](C)(c2ccc(F)cc2)C1=O. The summed E-state index contributed by atoms with van der Waals surface area (Å²) < 4.78 is 13.2. The first-order valence-electron chi connectivity index (χ1n) is 11.1. The molecule has 0 unspecified atom stereocenters. The monoisotopic (exact) mass is 453 g/mol. The molecule has 0 bridgehead atoms. The average Bonchev–Trinajstić information content (AvgIpc) is 2.93. The van der Waals surface area contributed by atoms with Crippen molar-refractivity contribution in [1.29, 1.82) is 0 Å². The van der Waals surface area contributed by atoms with Crippen LogP contribution in [-0.2, 0) is 27.0 Å². The number of benzene rings is 2. The highest BCUT2D eigenvalue weighted by atomic mass is 19.1. The van der Waals surface area contributed by atoms with Crippen LogP contribution in [0.3, 0.4) is 0 Å². The number of aryl methyl sites for hydroxylation is 2. The van der Waals surface area contributed by atoms with Gasteiger partial charge in [0, 0.05) is 6.54 Å². The molecule has 7 heteroatoms. The van der Waals surface area contributed by atoms with E-state index in [0.717, 1.165) is 4.90 Å². The first kappa shape index (κ1) is 24.4. The topological polar surface area (TPSA) is 78.5 Å². The van der Waals surface area contributed by atoms with Crippen molar-refractivity contribution in [2.24, 2.45) is 0 Å². The molecule has 4 amide bonds. The summed E-state index contributed by atoms with van der Waals surface area (Å²) in [5, 5.41) is 5.43. The fourth-order valence-corrected chi connectivity index (χ4v) is 4.17. The zero-order chi connectivity index (χ0) is 24.6. The number of carbonyl (C=O) groups is 3. The van der Waals surface area contributed by atoms with Gasteiger partial charge in [0.25, 0.3) is 5.91 Å². The molecule has 0 aromatic heterocycles. The maximum atomic E-state index is 13.2. The Morgan fingerprint density at radius 3 is 2.21 bits per heavy atom. The van der Waals surface area contributed by atoms with Gasteiger partial charge in [-0.15, -0.1) is 0 Å². The summed E-state index contributed by atoms with van der Waals surface area (Å²) in [6.07, 6.45) is 0.654. The maximum absolute atomic E-state index is 13.2. The van der Waals surface area contributed by atoms with E-state index < -0.39 is 29.2 Å². The smallest absolute Gasteiger partial charge is 0.325 e. The van der Waals surface area contributed by atoms with Gasteiger partial charge in [-0.3, -0.25) is 14.5 Å². The summed E-state index contributed by atoms with van der Waals surface area (Å²) in [6.45, 7) is 12.3. The summed E-state index contributed by atoms with van der Waals surface area (Å²) in [5.74, 6) is -1.39. The van der Waals surface area contributed by atoms with Crippen molar-refractivity contribution in [3.63, 3.8) is 0 Å². The van der Waals surface area contributed by atoms with Crippen molar-refractivity contribution in [1.82, 2.24) is 15.5 Å². The zero-order valence-corrected chi connectivity index (χ0v) is 20.1. The number of hydrogen-bond acceptors (Lipinski definition) is 3. The first-order chi connectivity index (χ1) is 15.3. The molecular weight excluding hydrogens is 421 g/mol. The number of rotatable bonds is 6. The molecule has 33 heavy (non-hydrogen) atoms. The van der Waals surface area contributed by atoms with Crippen LogP contribution >= 0.6 is 0 Å². The second-order valence-corrected chi connectivity index (χ2v) is 9.89. The van der Waals surface area contributed by atoms with Crippen molar-refractivity contribution in [2.75, 3.05) is 13.1 Å². The van der Waals surface area contributed by atoms with Gasteiger partial charge in [-0.2, -0.15) is 0 Å². The van der Waals surface area contributed by atoms with Crippen molar-refractivity contribution in [2.45, 2.75) is 58.9 Å². The van der Waals surface area contributed by atoms with Crippen molar-refractivity contribution < 1.29 is 18.8 Å². The lowest BCUT2D eigenvalue weighted by molar-refractivity contribution is -0.134. The Morgan fingerprint density at radius 1 is 1.09 bits per heavy atom. The van der Waals surface area contributed by atoms with Gasteiger partial charge in [-0.05, 0) is 72.6 Å². The highest BCUT2D eigenvalue weighted by molar-refractivity contribution is 6.09. The van der Waals surface area contributed by atoms with E-state index in [1.807, 2.05) is 0 Å². The molecule has 1 aliphatic rings. The average molecular weight is 454 g/mol. The number of nitrogens with one attached hydrogen (secondary N) is 2. The summed E-state index contributed by atoms with van der Waals surface area (Å²) in [5.41, 5.74) is 3.99. The molecule has 0 radical (unpaired) electrons. The number of halogens is 1. The van der Waals surface area contributed by atoms with Crippen LogP contribution < -0.4 is 10.6 Å². The summed E-state index contributed by atoms with van der Waals surface area (Å²) >= 11 is 0. The van der Waals surface area contributed by atoms with Gasteiger partial charge in [0.1, 0.15) is 17.9 Å². The van der Waals surface area contributed by atoms with Gasteiger partial charge in [-0.1, -0.05) is 45.0 Å². The van der Waals surface area contributed by atoms with Gasteiger partial charge in [-0.25, -0.2) is 9.18 Å². The maximum Gasteiger partial charge on any atom is 0.325 e. The van der Waals surface area contributed by atoms with Gasteiger partial charge in [0.05, 0.1) is 0 Å². The third-order valence-electron chi connectivity index (χ3n) is 6.26. The minimum Gasteiger partial charge on any atom is -0.354 e. The van der Waals surface area contributed by atoms with Crippen LogP contribution in [0.25, 0.3) is 0 Å². The summed E-state index contributed by atoms with van der Waals surface area (Å²) in [6, 6.07) is 9.09. The standard InChI is InChI=1S/C26H32FN3O3/c1-16-13-19(25(3,4)5)14-17(2)21(16)11-12-28-22(31)15-30-23(32)26(6,29-24(30)33)18-7-9-20(27)10-8-18/h7-10,13-14H,11-12,15H2,1-6H3,(H,28,31)(H,29,33)/t26-/m0/s1. The Balaban J connectivity index is 1.61. The molecule has 0 aliphatic carbocycles. The Morgan fingerprint density at radius 2 is 1.67 bits per heavy atom. The van der Waals surface area contributed by atoms with Crippen molar-refractivity contribution >= 4 is 17.8 Å². The highest BCUT2D eigenvalue weighted by Gasteiger charge is 2.49. The quantitative estimate of drug-likeness (QED) is 0.652. The van der Waals surface area contributed by atoms with E-state index >= 15 is 0 Å². The molecule has 3 rings (SSSR count). The minimum absolute atomic E-state index is 0.0630. The van der Waals surface area contributed by atoms with Gasteiger partial charge in [0.15, 0.2) is 0 Å². The Kier molecular flexibility index (Phi) is 6.63. The molecule has 2 N–H and O–H groups in total. The van der Waals surface area contributed by atoms with E-state index in [9.17, 15) is 18.8 Å². The second-order valence-electron chi connectivity index (χ2n) is 9.89. The van der Waals surface area contributed by atoms with E-state index in [4.69, 9.17) is 0 Å². The lowest BCUT2D eigenvalue weighted by Crippen LogP contribution is -2.43. The van der Waals surface area contributed by atoms with Crippen LogP contribution in [0.4, 0.5) is 9.18 Å². The lowest BCUT2D eigenvalue weighted by atomic mass is 9.83.